The van der Waals surface area contributed by atoms with E-state index in [2.05, 4.69) is 4.99 Å². The molecule has 1 amide bonds. The van der Waals surface area contributed by atoms with Gasteiger partial charge in [-0.1, -0.05) is 12.1 Å². The summed E-state index contributed by atoms with van der Waals surface area (Å²) < 4.78 is 22.3. The Morgan fingerprint density at radius 2 is 2.22 bits per heavy atom. The summed E-state index contributed by atoms with van der Waals surface area (Å²) in [6.45, 7) is 1.28. The van der Waals surface area contributed by atoms with Gasteiger partial charge in [-0.15, -0.1) is 11.6 Å². The molecule has 8 nitrogen and oxygen atoms in total. The monoisotopic (exact) mass is 414 g/mol. The van der Waals surface area contributed by atoms with Gasteiger partial charge in [-0.3, -0.25) is 14.0 Å². The first kappa shape index (κ1) is 19.8. The average molecular weight is 415 g/mol. The van der Waals surface area contributed by atoms with Gasteiger partial charge in [0, 0.05) is 35.4 Å². The highest BCUT2D eigenvalue weighted by atomic mass is 35.5. The lowest BCUT2D eigenvalue weighted by Crippen LogP contribution is -2.77. The molecule has 0 spiro atoms. The number of phenols is 1. The maximum Gasteiger partial charge on any atom is 0.332 e. The van der Waals surface area contributed by atoms with Crippen LogP contribution in [-0.2, 0) is 29.9 Å². The molecule has 1 aromatic rings. The Labute approximate surface area is 163 Å². The van der Waals surface area contributed by atoms with Gasteiger partial charge in [0.05, 0.1) is 4.87 Å². The van der Waals surface area contributed by atoms with Crippen LogP contribution in [0.15, 0.2) is 29.3 Å². The van der Waals surface area contributed by atoms with Crippen LogP contribution >= 0.6 is 11.6 Å². The number of para-hydroxylation sites is 1. The van der Waals surface area contributed by atoms with Gasteiger partial charge >= 0.3 is 5.97 Å². The maximum atomic E-state index is 12.6. The second-order valence-corrected chi connectivity index (χ2v) is 8.89. The molecule has 10 heteroatoms. The third-order valence-electron chi connectivity index (χ3n) is 4.45. The lowest BCUT2D eigenvalue weighted by molar-refractivity contribution is -0.172. The molecule has 3 rings (SSSR count). The van der Waals surface area contributed by atoms with Crippen LogP contribution in [0, 0.1) is 0 Å². The van der Waals surface area contributed by atoms with E-state index in [0.29, 0.717) is 5.56 Å². The van der Waals surface area contributed by atoms with E-state index in [4.69, 9.17) is 21.1 Å². The Morgan fingerprint density at radius 3 is 2.89 bits per heavy atom. The molecule has 2 heterocycles. The third kappa shape index (κ3) is 3.59. The number of rotatable bonds is 5. The number of hydrogen-bond donors (Lipinski definition) is 1. The summed E-state index contributed by atoms with van der Waals surface area (Å²) in [5, 5.41) is 9.02. The number of halogens is 1. The molecule has 27 heavy (non-hydrogen) atoms. The number of nitrogens with zero attached hydrogens (tertiary/aromatic N) is 2. The van der Waals surface area contributed by atoms with Gasteiger partial charge in [-0.25, -0.2) is 4.79 Å². The first-order valence-electron chi connectivity index (χ1n) is 8.13. The molecular formula is C17H19ClN2O6S. The van der Waals surface area contributed by atoms with Crippen LogP contribution in [-0.4, -0.2) is 74.3 Å². The molecule has 146 valence electrons. The molecule has 0 saturated carbocycles. The summed E-state index contributed by atoms with van der Waals surface area (Å²) in [7, 11) is -0.131. The van der Waals surface area contributed by atoms with Gasteiger partial charge in [-0.2, -0.15) is 0 Å². The van der Waals surface area contributed by atoms with Crippen molar-refractivity contribution in [2.75, 3.05) is 19.7 Å². The van der Waals surface area contributed by atoms with Crippen molar-refractivity contribution in [3.63, 3.8) is 0 Å². The minimum atomic E-state index is -1.50. The molecule has 1 aromatic carbocycles. The number of methoxy groups -OCH3 is 1. The number of ether oxygens (including phenoxy) is 2. The van der Waals surface area contributed by atoms with Gasteiger partial charge in [0.25, 0.3) is 5.91 Å². The maximum absolute atomic E-state index is 12.6. The molecule has 2 aliphatic rings. The topological polar surface area (TPSA) is 106 Å². The smallest absolute Gasteiger partial charge is 0.332 e. The lowest BCUT2D eigenvalue weighted by atomic mass is 9.94. The van der Waals surface area contributed by atoms with Crippen molar-refractivity contribution < 1.29 is 28.4 Å². The van der Waals surface area contributed by atoms with Crippen molar-refractivity contribution >= 4 is 40.5 Å². The zero-order valence-corrected chi connectivity index (χ0v) is 16.3. The van der Waals surface area contributed by atoms with Gasteiger partial charge < -0.3 is 19.5 Å². The van der Waals surface area contributed by atoms with E-state index in [0.717, 1.165) is 0 Å². The summed E-state index contributed by atoms with van der Waals surface area (Å²) in [5.74, 6) is -1.15. The number of phenolic OH excluding ortho intramolecular Hbond substituents is 1. The number of aliphatic imine (C=N–C) groups is 1. The molecular weight excluding hydrogens is 396 g/mol. The van der Waals surface area contributed by atoms with Crippen LogP contribution in [0.3, 0.4) is 0 Å². The van der Waals surface area contributed by atoms with Crippen molar-refractivity contribution in [3.05, 3.63) is 29.8 Å². The fourth-order valence-electron chi connectivity index (χ4n) is 3.20. The number of β-lactam (4-membered cyclic amide) rings is 1. The normalized spacial score (nSPS) is 32.9. The summed E-state index contributed by atoms with van der Waals surface area (Å²) in [6.07, 6.45) is 1.36. The predicted octanol–water partition coefficient (Wildman–Crippen LogP) is 0.623. The largest absolute Gasteiger partial charge is 0.507 e. The highest BCUT2D eigenvalue weighted by Crippen LogP contribution is 2.41. The fourth-order valence-corrected chi connectivity index (χ4v) is 5.55. The van der Waals surface area contributed by atoms with E-state index in [1.165, 1.54) is 24.3 Å². The number of carbonyl (C=O) groups excluding carboxylic acids is 2. The summed E-state index contributed by atoms with van der Waals surface area (Å²) in [4.78, 5) is 29.2. The molecule has 1 N–H and O–H groups in total. The molecule has 0 aliphatic carbocycles. The Bertz CT molecular complexity index is 814. The van der Waals surface area contributed by atoms with Gasteiger partial charge in [-0.05, 0) is 19.1 Å². The average Bonchev–Trinajstić information content (AvgIpc) is 2.61. The van der Waals surface area contributed by atoms with E-state index in [1.807, 2.05) is 0 Å². The molecule has 2 fully saturated rings. The number of carbonyl (C=O) groups is 2. The van der Waals surface area contributed by atoms with Crippen molar-refractivity contribution in [2.24, 2.45) is 4.99 Å². The van der Waals surface area contributed by atoms with Crippen LogP contribution in [0.25, 0.3) is 0 Å². The quantitative estimate of drug-likeness (QED) is 0.249. The summed E-state index contributed by atoms with van der Waals surface area (Å²) >= 11 is 6.41. The van der Waals surface area contributed by atoms with Crippen LogP contribution in [0.5, 0.6) is 5.75 Å². The van der Waals surface area contributed by atoms with Crippen molar-refractivity contribution in [1.29, 1.82) is 0 Å². The Morgan fingerprint density at radius 1 is 1.52 bits per heavy atom. The van der Waals surface area contributed by atoms with Crippen LogP contribution in [0.1, 0.15) is 12.5 Å². The van der Waals surface area contributed by atoms with Crippen molar-refractivity contribution in [1.82, 2.24) is 4.90 Å². The van der Waals surface area contributed by atoms with E-state index < -0.39 is 45.0 Å². The Kier molecular flexibility index (Phi) is 5.55. The molecule has 5 atom stereocenters. The minimum absolute atomic E-state index is 0.0123. The third-order valence-corrected chi connectivity index (χ3v) is 6.85. The van der Waals surface area contributed by atoms with E-state index in [-0.39, 0.29) is 18.3 Å². The van der Waals surface area contributed by atoms with E-state index >= 15 is 0 Å². The lowest BCUT2D eigenvalue weighted by Gasteiger charge is -2.54. The molecule has 1 unspecified atom stereocenters. The van der Waals surface area contributed by atoms with Crippen LogP contribution in [0.4, 0.5) is 0 Å². The SMILES string of the molecule is COCOC(=O)[C@@H]1N2C(=O)[C@@H](N=Cc3ccccc3O)[C@@H]2S(=O)C[C@@]1(C)Cl. The molecule has 0 aromatic heterocycles. The van der Waals surface area contributed by atoms with E-state index in [9.17, 15) is 18.9 Å². The zero-order valence-electron chi connectivity index (χ0n) is 14.7. The number of esters is 1. The first-order chi connectivity index (χ1) is 12.8. The molecule has 0 bridgehead atoms. The highest BCUT2D eigenvalue weighted by molar-refractivity contribution is 7.86. The van der Waals surface area contributed by atoms with Crippen LogP contribution < -0.4 is 0 Å². The number of hydrogen-bond acceptors (Lipinski definition) is 7. The standard InChI is InChI=1S/C17H19ClN2O6S/c1-17(18)8-27(24)15-12(19-7-10-5-3-4-6-11(10)21)14(22)20(15)13(17)16(23)26-9-25-2/h3-7,12-13,15,21H,8-9H2,1-2H3/t12-,13+,15+,17-,27?/m1/s1. The number of aromatic hydroxyl groups is 1. The van der Waals surface area contributed by atoms with Gasteiger partial charge in [0.15, 0.2) is 18.9 Å². The van der Waals surface area contributed by atoms with Crippen LogP contribution in [0.2, 0.25) is 0 Å². The van der Waals surface area contributed by atoms with Crippen molar-refractivity contribution in [2.45, 2.75) is 29.3 Å². The van der Waals surface area contributed by atoms with Gasteiger partial charge in [0.1, 0.15) is 11.1 Å². The Hall–Kier alpha value is -1.97. The van der Waals surface area contributed by atoms with Crippen molar-refractivity contribution in [3.8, 4) is 5.75 Å². The predicted molar refractivity (Wildman–Crippen MR) is 99.1 cm³/mol. The number of benzene rings is 1. The molecule has 0 radical (unpaired) electrons. The first-order valence-corrected chi connectivity index (χ1v) is 9.89. The molecule has 2 saturated heterocycles. The zero-order chi connectivity index (χ0) is 19.8. The van der Waals surface area contributed by atoms with Gasteiger partial charge in [0.2, 0.25) is 0 Å². The molecule has 2 aliphatic heterocycles. The summed E-state index contributed by atoms with van der Waals surface area (Å²) in [6, 6.07) is 4.53. The van der Waals surface area contributed by atoms with E-state index in [1.54, 1.807) is 25.1 Å². The summed E-state index contributed by atoms with van der Waals surface area (Å²) in [5.41, 5.74) is 0.434. The minimum Gasteiger partial charge on any atom is -0.507 e. The Balaban J connectivity index is 1.84. The number of alkyl halides is 1. The number of amides is 1. The number of fused-ring (bicyclic) bond motifs is 1. The fraction of sp³-hybridized carbons (Fsp3) is 0.471. The second-order valence-electron chi connectivity index (χ2n) is 6.49. The second kappa shape index (κ2) is 7.57. The highest BCUT2D eigenvalue weighted by Gasteiger charge is 2.63.